The monoisotopic (exact) mass is 173 g/mol. The molecular formula is C8H9ClFN. The molecule has 0 radical (unpaired) electrons. The summed E-state index contributed by atoms with van der Waals surface area (Å²) in [5, 5.41) is 0. The molecular weight excluding hydrogens is 165 g/mol. The number of hydrogen-bond acceptors (Lipinski definition) is 1. The van der Waals surface area contributed by atoms with Crippen molar-refractivity contribution < 1.29 is 4.39 Å². The molecule has 0 fully saturated rings. The number of benzene rings is 1. The Bertz CT molecular complexity index is 222. The minimum absolute atomic E-state index is 0.197. The van der Waals surface area contributed by atoms with Gasteiger partial charge >= 0.3 is 0 Å². The molecule has 0 heterocycles. The zero-order chi connectivity index (χ0) is 8.27. The van der Waals surface area contributed by atoms with E-state index >= 15 is 0 Å². The number of halogens is 2. The van der Waals surface area contributed by atoms with Crippen LogP contribution in [0.25, 0.3) is 0 Å². The van der Waals surface area contributed by atoms with Gasteiger partial charge in [-0.3, -0.25) is 0 Å². The van der Waals surface area contributed by atoms with Gasteiger partial charge in [-0.1, -0.05) is 12.1 Å². The molecule has 0 aliphatic carbocycles. The summed E-state index contributed by atoms with van der Waals surface area (Å²) in [5.41, 5.74) is 6.45. The third kappa shape index (κ3) is 2.17. The summed E-state index contributed by atoms with van der Waals surface area (Å²) in [4.78, 5) is 0. The predicted octanol–water partition coefficient (Wildman–Crippen LogP) is 2.06. The fraction of sp³-hybridized carbons (Fsp3) is 0.250. The Morgan fingerprint density at radius 2 is 1.91 bits per heavy atom. The number of hydrogen-bond donors (Lipinski definition) is 1. The lowest BCUT2D eigenvalue weighted by molar-refractivity contribution is 0.626. The topological polar surface area (TPSA) is 26.0 Å². The van der Waals surface area contributed by atoms with E-state index in [0.717, 1.165) is 5.56 Å². The molecule has 0 saturated carbocycles. The molecule has 0 aliphatic heterocycles. The Labute approximate surface area is 70.0 Å². The molecule has 1 nitrogen and oxygen atoms in total. The molecule has 1 rings (SSSR count). The smallest absolute Gasteiger partial charge is 0.123 e. The molecule has 0 spiro atoms. The molecule has 0 aromatic heterocycles. The summed E-state index contributed by atoms with van der Waals surface area (Å²) in [7, 11) is 0. The average Bonchev–Trinajstić information content (AvgIpc) is 2.05. The summed E-state index contributed by atoms with van der Waals surface area (Å²) in [6.07, 6.45) is 0. The molecule has 60 valence electrons. The lowest BCUT2D eigenvalue weighted by atomic mass is 10.1. The van der Waals surface area contributed by atoms with Crippen LogP contribution >= 0.6 is 11.6 Å². The van der Waals surface area contributed by atoms with E-state index in [9.17, 15) is 4.39 Å². The van der Waals surface area contributed by atoms with E-state index in [2.05, 4.69) is 0 Å². The van der Waals surface area contributed by atoms with E-state index in [1.165, 1.54) is 12.1 Å². The Morgan fingerprint density at radius 1 is 1.36 bits per heavy atom. The zero-order valence-electron chi connectivity index (χ0n) is 5.93. The molecule has 0 amide bonds. The van der Waals surface area contributed by atoms with Gasteiger partial charge in [0.15, 0.2) is 0 Å². The Kier molecular flexibility index (Phi) is 2.85. The van der Waals surface area contributed by atoms with E-state index < -0.39 is 0 Å². The first-order valence-electron chi connectivity index (χ1n) is 3.31. The highest BCUT2D eigenvalue weighted by molar-refractivity contribution is 6.18. The van der Waals surface area contributed by atoms with E-state index in [0.29, 0.717) is 5.88 Å². The molecule has 0 bridgehead atoms. The third-order valence-electron chi connectivity index (χ3n) is 1.46. The normalized spacial score (nSPS) is 13.0. The van der Waals surface area contributed by atoms with Crippen molar-refractivity contribution in [2.75, 3.05) is 5.88 Å². The van der Waals surface area contributed by atoms with Crippen molar-refractivity contribution in [2.45, 2.75) is 6.04 Å². The van der Waals surface area contributed by atoms with Crippen LogP contribution in [0.4, 0.5) is 4.39 Å². The number of alkyl halides is 1. The van der Waals surface area contributed by atoms with Crippen molar-refractivity contribution >= 4 is 11.6 Å². The SMILES string of the molecule is N[C@H](CCl)c1ccc(F)cc1. The van der Waals surface area contributed by atoms with Gasteiger partial charge in [0.05, 0.1) is 0 Å². The van der Waals surface area contributed by atoms with Crippen LogP contribution in [0.3, 0.4) is 0 Å². The quantitative estimate of drug-likeness (QED) is 0.681. The highest BCUT2D eigenvalue weighted by atomic mass is 35.5. The fourth-order valence-corrected chi connectivity index (χ4v) is 0.977. The molecule has 1 aromatic carbocycles. The van der Waals surface area contributed by atoms with Gasteiger partial charge in [0.25, 0.3) is 0 Å². The van der Waals surface area contributed by atoms with Crippen LogP contribution in [0.1, 0.15) is 11.6 Å². The summed E-state index contributed by atoms with van der Waals surface area (Å²) in [5.74, 6) is 0.0987. The first-order valence-corrected chi connectivity index (χ1v) is 3.84. The minimum atomic E-state index is -0.254. The lowest BCUT2D eigenvalue weighted by Gasteiger charge is -2.06. The van der Waals surface area contributed by atoms with Gasteiger partial charge in [-0.05, 0) is 17.7 Å². The summed E-state index contributed by atoms with van der Waals surface area (Å²) in [6, 6.07) is 5.84. The van der Waals surface area contributed by atoms with Crippen LogP contribution in [0.15, 0.2) is 24.3 Å². The van der Waals surface area contributed by atoms with E-state index in [1.54, 1.807) is 12.1 Å². The van der Waals surface area contributed by atoms with Gasteiger partial charge in [0, 0.05) is 11.9 Å². The minimum Gasteiger partial charge on any atom is -0.323 e. The van der Waals surface area contributed by atoms with E-state index in [4.69, 9.17) is 17.3 Å². The second kappa shape index (κ2) is 3.69. The predicted molar refractivity (Wildman–Crippen MR) is 44.0 cm³/mol. The first-order chi connectivity index (χ1) is 5.24. The van der Waals surface area contributed by atoms with Crippen molar-refractivity contribution in [3.05, 3.63) is 35.6 Å². The van der Waals surface area contributed by atoms with Crippen LogP contribution in [-0.2, 0) is 0 Å². The maximum Gasteiger partial charge on any atom is 0.123 e. The van der Waals surface area contributed by atoms with Crippen LogP contribution in [0.5, 0.6) is 0 Å². The van der Waals surface area contributed by atoms with Gasteiger partial charge in [-0.25, -0.2) is 4.39 Å². The Balaban J connectivity index is 2.81. The Morgan fingerprint density at radius 3 is 2.36 bits per heavy atom. The maximum absolute atomic E-state index is 12.4. The fourth-order valence-electron chi connectivity index (χ4n) is 0.799. The summed E-state index contributed by atoms with van der Waals surface area (Å²) in [6.45, 7) is 0. The lowest BCUT2D eigenvalue weighted by Crippen LogP contribution is -2.11. The van der Waals surface area contributed by atoms with Crippen molar-refractivity contribution in [1.82, 2.24) is 0 Å². The molecule has 0 saturated heterocycles. The van der Waals surface area contributed by atoms with Gasteiger partial charge in [0.2, 0.25) is 0 Å². The van der Waals surface area contributed by atoms with E-state index in [-0.39, 0.29) is 11.9 Å². The van der Waals surface area contributed by atoms with Crippen LogP contribution < -0.4 is 5.73 Å². The largest absolute Gasteiger partial charge is 0.323 e. The van der Waals surface area contributed by atoms with E-state index in [1.807, 2.05) is 0 Å². The first kappa shape index (κ1) is 8.50. The van der Waals surface area contributed by atoms with Crippen molar-refractivity contribution in [3.63, 3.8) is 0 Å². The van der Waals surface area contributed by atoms with Crippen molar-refractivity contribution in [2.24, 2.45) is 5.73 Å². The van der Waals surface area contributed by atoms with Crippen LogP contribution in [0, 0.1) is 5.82 Å². The highest BCUT2D eigenvalue weighted by Crippen LogP contribution is 2.11. The summed E-state index contributed by atoms with van der Waals surface area (Å²) < 4.78 is 12.4. The van der Waals surface area contributed by atoms with Gasteiger partial charge in [-0.15, -0.1) is 11.6 Å². The van der Waals surface area contributed by atoms with Crippen molar-refractivity contribution in [1.29, 1.82) is 0 Å². The third-order valence-corrected chi connectivity index (χ3v) is 1.80. The average molecular weight is 174 g/mol. The molecule has 2 N–H and O–H groups in total. The van der Waals surface area contributed by atoms with Crippen LogP contribution in [-0.4, -0.2) is 5.88 Å². The van der Waals surface area contributed by atoms with Crippen LogP contribution in [0.2, 0.25) is 0 Å². The maximum atomic E-state index is 12.4. The number of rotatable bonds is 2. The summed E-state index contributed by atoms with van der Waals surface area (Å²) >= 11 is 5.51. The molecule has 3 heteroatoms. The number of nitrogens with two attached hydrogens (primary N) is 1. The second-order valence-corrected chi connectivity index (χ2v) is 2.62. The molecule has 0 unspecified atom stereocenters. The Hall–Kier alpha value is -0.600. The second-order valence-electron chi connectivity index (χ2n) is 2.31. The van der Waals surface area contributed by atoms with Gasteiger partial charge in [-0.2, -0.15) is 0 Å². The van der Waals surface area contributed by atoms with Gasteiger partial charge < -0.3 is 5.73 Å². The molecule has 0 aliphatic rings. The zero-order valence-corrected chi connectivity index (χ0v) is 6.68. The molecule has 11 heavy (non-hydrogen) atoms. The standard InChI is InChI=1S/C8H9ClFN/c9-5-8(11)6-1-3-7(10)4-2-6/h1-4,8H,5,11H2/t8-/m1/s1. The highest BCUT2D eigenvalue weighted by Gasteiger charge is 2.02. The molecule has 1 atom stereocenters. The van der Waals surface area contributed by atoms with Crippen molar-refractivity contribution in [3.8, 4) is 0 Å². The van der Waals surface area contributed by atoms with Gasteiger partial charge in [0.1, 0.15) is 5.82 Å². The molecule has 1 aromatic rings.